The van der Waals surface area contributed by atoms with Gasteiger partial charge in [-0.3, -0.25) is 0 Å². The van der Waals surface area contributed by atoms with Crippen LogP contribution in [0.2, 0.25) is 15.1 Å². The molecule has 0 aliphatic heterocycles. The summed E-state index contributed by atoms with van der Waals surface area (Å²) in [6, 6.07) is 2.92. The highest BCUT2D eigenvalue weighted by molar-refractivity contribution is 6.41. The molecule has 0 saturated carbocycles. The maximum atomic E-state index is 11.8. The summed E-state index contributed by atoms with van der Waals surface area (Å²) in [5.74, 6) is -0.536. The van der Waals surface area contributed by atoms with Gasteiger partial charge < -0.3 is 4.74 Å². The lowest BCUT2D eigenvalue weighted by Gasteiger charge is -2.07. The summed E-state index contributed by atoms with van der Waals surface area (Å²) in [6.07, 6.45) is 5.60. The topological polar surface area (TPSA) is 26.3 Å². The zero-order valence-corrected chi connectivity index (χ0v) is 12.1. The monoisotopic (exact) mass is 306 g/mol. The van der Waals surface area contributed by atoms with Crippen molar-refractivity contribution in [1.29, 1.82) is 0 Å². The molecule has 1 rings (SSSR count). The van der Waals surface area contributed by atoms with Gasteiger partial charge in [-0.15, -0.1) is 0 Å². The Bertz CT molecular complexity index is 433. The molecule has 98 valence electrons. The van der Waals surface area contributed by atoms with Crippen LogP contribution in [-0.4, -0.2) is 12.6 Å². The number of halogens is 3. The van der Waals surface area contributed by atoms with Crippen LogP contribution in [0.15, 0.2) is 24.3 Å². The first-order chi connectivity index (χ1) is 8.56. The first-order valence-corrected chi connectivity index (χ1v) is 6.66. The number of hydrogen-bond acceptors (Lipinski definition) is 2. The fourth-order valence-corrected chi connectivity index (χ4v) is 2.28. The number of allylic oxidation sites excluding steroid dienone is 1. The Kier molecular flexibility index (Phi) is 6.55. The zero-order valence-electron chi connectivity index (χ0n) is 9.88. The third kappa shape index (κ3) is 4.52. The fourth-order valence-electron chi connectivity index (χ4n) is 1.31. The van der Waals surface area contributed by atoms with Gasteiger partial charge in [-0.25, -0.2) is 4.79 Å². The molecule has 0 heterocycles. The number of rotatable bonds is 5. The van der Waals surface area contributed by atoms with E-state index in [0.29, 0.717) is 18.1 Å². The molecule has 1 aromatic rings. The van der Waals surface area contributed by atoms with Crippen LogP contribution in [0.1, 0.15) is 30.1 Å². The fraction of sp³-hybridized carbons (Fsp3) is 0.308. The lowest BCUT2D eigenvalue weighted by Crippen LogP contribution is -2.07. The van der Waals surface area contributed by atoms with Crippen LogP contribution < -0.4 is 0 Å². The minimum atomic E-state index is -0.536. The van der Waals surface area contributed by atoms with Gasteiger partial charge in [-0.2, -0.15) is 0 Å². The van der Waals surface area contributed by atoms with Crippen LogP contribution in [-0.2, 0) is 4.74 Å². The van der Waals surface area contributed by atoms with E-state index >= 15 is 0 Å². The van der Waals surface area contributed by atoms with Crippen molar-refractivity contribution in [3.8, 4) is 0 Å². The van der Waals surface area contributed by atoms with Gasteiger partial charge in [0.2, 0.25) is 0 Å². The minimum Gasteiger partial charge on any atom is -0.462 e. The number of carbonyl (C=O) groups excluding carboxylic acids is 1. The Hall–Kier alpha value is -0.700. The smallest absolute Gasteiger partial charge is 0.341 e. The van der Waals surface area contributed by atoms with Crippen molar-refractivity contribution >= 4 is 40.8 Å². The molecule has 0 aliphatic carbocycles. The van der Waals surface area contributed by atoms with E-state index in [2.05, 4.69) is 0 Å². The van der Waals surface area contributed by atoms with Crippen molar-refractivity contribution in [2.24, 2.45) is 0 Å². The molecule has 0 aromatic heterocycles. The van der Waals surface area contributed by atoms with Crippen LogP contribution in [0, 0.1) is 0 Å². The Labute approximate surface area is 121 Å². The molecule has 0 radical (unpaired) electrons. The van der Waals surface area contributed by atoms with Gasteiger partial charge in [0.15, 0.2) is 0 Å². The van der Waals surface area contributed by atoms with Crippen molar-refractivity contribution in [3.63, 3.8) is 0 Å². The van der Waals surface area contributed by atoms with Crippen molar-refractivity contribution in [3.05, 3.63) is 44.9 Å². The van der Waals surface area contributed by atoms with Gasteiger partial charge in [0.1, 0.15) is 0 Å². The van der Waals surface area contributed by atoms with Gasteiger partial charge in [0.05, 0.1) is 22.2 Å². The maximum absolute atomic E-state index is 11.8. The number of esters is 1. The van der Waals surface area contributed by atoms with Crippen LogP contribution in [0.3, 0.4) is 0 Å². The molecule has 5 heteroatoms. The summed E-state index contributed by atoms with van der Waals surface area (Å²) >= 11 is 17.6. The van der Waals surface area contributed by atoms with E-state index in [-0.39, 0.29) is 15.6 Å². The third-order valence-electron chi connectivity index (χ3n) is 2.13. The average molecular weight is 308 g/mol. The summed E-state index contributed by atoms with van der Waals surface area (Å²) in [5.41, 5.74) is 0.155. The third-order valence-corrected chi connectivity index (χ3v) is 2.95. The van der Waals surface area contributed by atoms with E-state index in [9.17, 15) is 4.79 Å². The van der Waals surface area contributed by atoms with Crippen molar-refractivity contribution in [2.75, 3.05) is 6.61 Å². The molecule has 0 bridgehead atoms. The Morgan fingerprint density at radius 2 is 1.83 bits per heavy atom. The summed E-state index contributed by atoms with van der Waals surface area (Å²) in [5, 5.41) is 0.774. The Morgan fingerprint density at radius 1 is 1.22 bits per heavy atom. The van der Waals surface area contributed by atoms with Gasteiger partial charge in [0.25, 0.3) is 0 Å². The second kappa shape index (κ2) is 7.67. The SMILES string of the molecule is CC/C=C\CCOC(=O)c1c(Cl)cc(Cl)cc1Cl. The van der Waals surface area contributed by atoms with Gasteiger partial charge in [-0.05, 0) is 25.0 Å². The van der Waals surface area contributed by atoms with Crippen molar-refractivity contribution in [2.45, 2.75) is 19.8 Å². The molecule has 0 saturated heterocycles. The van der Waals surface area contributed by atoms with Crippen LogP contribution in [0.4, 0.5) is 0 Å². The molecule has 0 atom stereocenters. The van der Waals surface area contributed by atoms with Crippen LogP contribution in [0.5, 0.6) is 0 Å². The number of benzene rings is 1. The van der Waals surface area contributed by atoms with Gasteiger partial charge in [0, 0.05) is 5.02 Å². The van der Waals surface area contributed by atoms with Crippen LogP contribution >= 0.6 is 34.8 Å². The quantitative estimate of drug-likeness (QED) is 0.426. The van der Waals surface area contributed by atoms with Crippen LogP contribution in [0.25, 0.3) is 0 Å². The molecular weight excluding hydrogens is 294 g/mol. The average Bonchev–Trinajstić information content (AvgIpc) is 2.27. The second-order valence-electron chi connectivity index (χ2n) is 3.55. The summed E-state index contributed by atoms with van der Waals surface area (Å²) < 4.78 is 5.07. The molecule has 18 heavy (non-hydrogen) atoms. The Balaban J connectivity index is 2.65. The first kappa shape index (κ1) is 15.4. The van der Waals surface area contributed by atoms with E-state index in [0.717, 1.165) is 6.42 Å². The molecule has 1 aromatic carbocycles. The minimum absolute atomic E-state index is 0.155. The normalized spacial score (nSPS) is 10.9. The molecule has 0 amide bonds. The van der Waals surface area contributed by atoms with E-state index in [1.807, 2.05) is 19.1 Å². The summed E-state index contributed by atoms with van der Waals surface area (Å²) in [6.45, 7) is 2.33. The predicted octanol–water partition coefficient (Wildman–Crippen LogP) is 5.16. The van der Waals surface area contributed by atoms with E-state index < -0.39 is 5.97 Å². The molecule has 2 nitrogen and oxygen atoms in total. The number of hydrogen-bond donors (Lipinski definition) is 0. The number of ether oxygens (including phenoxy) is 1. The molecule has 0 fully saturated rings. The first-order valence-electron chi connectivity index (χ1n) is 5.53. The van der Waals surface area contributed by atoms with Crippen molar-refractivity contribution in [1.82, 2.24) is 0 Å². The van der Waals surface area contributed by atoms with Crippen molar-refractivity contribution < 1.29 is 9.53 Å². The molecule has 0 N–H and O–H groups in total. The second-order valence-corrected chi connectivity index (χ2v) is 4.80. The highest BCUT2D eigenvalue weighted by Crippen LogP contribution is 2.29. The number of carbonyl (C=O) groups is 1. The molecule has 0 aliphatic rings. The van der Waals surface area contributed by atoms with E-state index in [1.54, 1.807) is 0 Å². The predicted molar refractivity (Wildman–Crippen MR) is 75.8 cm³/mol. The summed E-state index contributed by atoms with van der Waals surface area (Å²) in [7, 11) is 0. The Morgan fingerprint density at radius 3 is 2.39 bits per heavy atom. The zero-order chi connectivity index (χ0) is 13.5. The lowest BCUT2D eigenvalue weighted by atomic mass is 10.2. The van der Waals surface area contributed by atoms with E-state index in [4.69, 9.17) is 39.5 Å². The molecular formula is C13H13Cl3O2. The highest BCUT2D eigenvalue weighted by atomic mass is 35.5. The molecule has 0 unspecified atom stereocenters. The highest BCUT2D eigenvalue weighted by Gasteiger charge is 2.16. The lowest BCUT2D eigenvalue weighted by molar-refractivity contribution is 0.0512. The summed E-state index contributed by atoms with van der Waals surface area (Å²) in [4.78, 5) is 11.8. The molecule has 0 spiro atoms. The largest absolute Gasteiger partial charge is 0.462 e. The van der Waals surface area contributed by atoms with E-state index in [1.165, 1.54) is 12.1 Å². The van der Waals surface area contributed by atoms with Gasteiger partial charge in [-0.1, -0.05) is 53.9 Å². The van der Waals surface area contributed by atoms with Gasteiger partial charge >= 0.3 is 5.97 Å². The standard InChI is InChI=1S/C13H13Cl3O2/c1-2-3-4-5-6-18-13(17)12-10(15)7-9(14)8-11(12)16/h3-4,7-8H,2,5-6H2,1H3/b4-3-. The maximum Gasteiger partial charge on any atom is 0.341 e.